The Hall–Kier alpha value is -2.65. The van der Waals surface area contributed by atoms with E-state index in [1.165, 1.54) is 40.1 Å². The number of H-pyrrole nitrogens is 1. The van der Waals surface area contributed by atoms with Crippen LogP contribution in [0, 0.1) is 0 Å². The summed E-state index contributed by atoms with van der Waals surface area (Å²) in [6.07, 6.45) is 4.35. The molecule has 1 N–H and O–H groups in total. The van der Waals surface area contributed by atoms with Gasteiger partial charge in [-0.3, -0.25) is 10.00 Å². The van der Waals surface area contributed by atoms with Gasteiger partial charge in [0.05, 0.1) is 11.7 Å². The average Bonchev–Trinajstić information content (AvgIpc) is 3.33. The van der Waals surface area contributed by atoms with Crippen molar-refractivity contribution in [2.45, 2.75) is 24.9 Å². The highest BCUT2D eigenvalue weighted by atomic mass is 15.2. The summed E-state index contributed by atoms with van der Waals surface area (Å²) in [6.45, 7) is 0.949. The third-order valence-corrected chi connectivity index (χ3v) is 5.67. The first kappa shape index (κ1) is 14.7. The first-order valence-electron chi connectivity index (χ1n) is 8.88. The van der Waals surface area contributed by atoms with Crippen molar-refractivity contribution in [3.8, 4) is 0 Å². The molecule has 124 valence electrons. The minimum absolute atomic E-state index is 0.173. The smallest absolute Gasteiger partial charge is 0.0650 e. The fraction of sp³-hybridized carbons (Fsp3) is 0.227. The molecule has 3 nitrogen and oxygen atoms in total. The van der Waals surface area contributed by atoms with Crippen molar-refractivity contribution in [3.05, 3.63) is 78.0 Å². The molecule has 25 heavy (non-hydrogen) atoms. The quantitative estimate of drug-likeness (QED) is 0.582. The maximum absolute atomic E-state index is 4.13. The molecule has 0 atom stereocenters. The van der Waals surface area contributed by atoms with Gasteiger partial charge in [0.1, 0.15) is 0 Å². The summed E-state index contributed by atoms with van der Waals surface area (Å²) < 4.78 is 0. The monoisotopic (exact) mass is 327 g/mol. The summed E-state index contributed by atoms with van der Waals surface area (Å²) in [7, 11) is 2.26. The van der Waals surface area contributed by atoms with Gasteiger partial charge in [-0.2, -0.15) is 5.10 Å². The van der Waals surface area contributed by atoms with Gasteiger partial charge in [-0.05, 0) is 53.9 Å². The van der Waals surface area contributed by atoms with Crippen LogP contribution < -0.4 is 0 Å². The van der Waals surface area contributed by atoms with Gasteiger partial charge in [0.25, 0.3) is 0 Å². The van der Waals surface area contributed by atoms with Crippen molar-refractivity contribution in [2.24, 2.45) is 0 Å². The van der Waals surface area contributed by atoms with Crippen LogP contribution >= 0.6 is 0 Å². The number of nitrogens with zero attached hydrogens (tertiary/aromatic N) is 2. The zero-order valence-corrected chi connectivity index (χ0v) is 14.4. The van der Waals surface area contributed by atoms with Crippen LogP contribution in [-0.4, -0.2) is 22.1 Å². The number of aromatic amines is 1. The number of hydrogen-bond donors (Lipinski definition) is 1. The van der Waals surface area contributed by atoms with Crippen LogP contribution in [0.2, 0.25) is 0 Å². The second-order valence-corrected chi connectivity index (χ2v) is 7.21. The molecular formula is C22H21N3. The first-order valence-corrected chi connectivity index (χ1v) is 8.88. The number of benzene rings is 3. The van der Waals surface area contributed by atoms with E-state index < -0.39 is 0 Å². The van der Waals surface area contributed by atoms with Crippen LogP contribution in [-0.2, 0) is 12.1 Å². The highest BCUT2D eigenvalue weighted by Crippen LogP contribution is 2.52. The van der Waals surface area contributed by atoms with Gasteiger partial charge in [-0.1, -0.05) is 48.5 Å². The Kier molecular flexibility index (Phi) is 3.19. The van der Waals surface area contributed by atoms with E-state index >= 15 is 0 Å². The second kappa shape index (κ2) is 5.43. The van der Waals surface area contributed by atoms with E-state index in [-0.39, 0.29) is 5.54 Å². The molecule has 0 radical (unpaired) electrons. The summed E-state index contributed by atoms with van der Waals surface area (Å²) in [5.74, 6) is 0. The number of fused-ring (bicyclic) bond motifs is 2. The van der Waals surface area contributed by atoms with Crippen LogP contribution in [0.1, 0.15) is 24.0 Å². The number of rotatable bonds is 4. The van der Waals surface area contributed by atoms with Crippen LogP contribution in [0.15, 0.2) is 66.9 Å². The highest BCUT2D eigenvalue weighted by molar-refractivity contribution is 5.87. The molecule has 1 saturated carbocycles. The molecule has 0 aliphatic heterocycles. The molecule has 1 fully saturated rings. The molecule has 1 aliphatic carbocycles. The Morgan fingerprint density at radius 1 is 1.00 bits per heavy atom. The van der Waals surface area contributed by atoms with Crippen molar-refractivity contribution in [1.82, 2.24) is 15.1 Å². The minimum Gasteiger partial charge on any atom is -0.292 e. The third-order valence-electron chi connectivity index (χ3n) is 5.67. The highest BCUT2D eigenvalue weighted by Gasteiger charge is 2.48. The molecule has 1 aromatic heterocycles. The molecule has 3 aromatic carbocycles. The van der Waals surface area contributed by atoms with Gasteiger partial charge in [0, 0.05) is 17.5 Å². The Morgan fingerprint density at radius 2 is 1.84 bits per heavy atom. The van der Waals surface area contributed by atoms with Gasteiger partial charge in [0.2, 0.25) is 0 Å². The molecule has 0 saturated heterocycles. The zero-order valence-electron chi connectivity index (χ0n) is 14.4. The van der Waals surface area contributed by atoms with Gasteiger partial charge in [-0.15, -0.1) is 0 Å². The second-order valence-electron chi connectivity index (χ2n) is 7.21. The normalized spacial score (nSPS) is 15.9. The van der Waals surface area contributed by atoms with Gasteiger partial charge >= 0.3 is 0 Å². The SMILES string of the molecule is CN(Cc1ccc2[nH]ncc2c1)C1(c2cccc3ccccc23)CC1. The van der Waals surface area contributed by atoms with E-state index in [0.29, 0.717) is 0 Å². The summed E-state index contributed by atoms with van der Waals surface area (Å²) in [5, 5.41) is 11.1. The summed E-state index contributed by atoms with van der Waals surface area (Å²) in [4.78, 5) is 2.52. The lowest BCUT2D eigenvalue weighted by Gasteiger charge is -2.29. The predicted octanol–water partition coefficient (Wildman–Crippen LogP) is 4.84. The summed E-state index contributed by atoms with van der Waals surface area (Å²) in [5.41, 5.74) is 4.08. The van der Waals surface area contributed by atoms with E-state index in [4.69, 9.17) is 0 Å². The lowest BCUT2D eigenvalue weighted by atomic mass is 9.95. The molecule has 0 bridgehead atoms. The lowest BCUT2D eigenvalue weighted by Crippen LogP contribution is -2.31. The number of aromatic nitrogens is 2. The molecular weight excluding hydrogens is 306 g/mol. The van der Waals surface area contributed by atoms with E-state index in [1.807, 2.05) is 6.20 Å². The van der Waals surface area contributed by atoms with Crippen LogP contribution in [0.3, 0.4) is 0 Å². The maximum Gasteiger partial charge on any atom is 0.0650 e. The Labute approximate surface area is 147 Å². The van der Waals surface area contributed by atoms with Crippen LogP contribution in [0.25, 0.3) is 21.7 Å². The van der Waals surface area contributed by atoms with Gasteiger partial charge in [0.15, 0.2) is 0 Å². The maximum atomic E-state index is 4.13. The van der Waals surface area contributed by atoms with E-state index in [0.717, 1.165) is 12.1 Å². The Morgan fingerprint density at radius 3 is 2.72 bits per heavy atom. The number of nitrogens with one attached hydrogen (secondary N) is 1. The fourth-order valence-corrected chi connectivity index (χ4v) is 4.12. The summed E-state index contributed by atoms with van der Waals surface area (Å²) >= 11 is 0. The molecule has 0 spiro atoms. The third kappa shape index (κ3) is 2.35. The molecule has 1 aliphatic rings. The Bertz CT molecular complexity index is 1050. The van der Waals surface area contributed by atoms with Crippen LogP contribution in [0.5, 0.6) is 0 Å². The number of hydrogen-bond acceptors (Lipinski definition) is 2. The van der Waals surface area contributed by atoms with Crippen molar-refractivity contribution >= 4 is 21.7 Å². The van der Waals surface area contributed by atoms with Gasteiger partial charge in [-0.25, -0.2) is 0 Å². The fourth-order valence-electron chi connectivity index (χ4n) is 4.12. The predicted molar refractivity (Wildman–Crippen MR) is 102 cm³/mol. The van der Waals surface area contributed by atoms with E-state index in [1.54, 1.807) is 0 Å². The minimum atomic E-state index is 0.173. The first-order chi connectivity index (χ1) is 12.3. The molecule has 3 heteroatoms. The molecule has 0 amide bonds. The molecule has 0 unspecified atom stereocenters. The van der Waals surface area contributed by atoms with E-state index in [9.17, 15) is 0 Å². The van der Waals surface area contributed by atoms with E-state index in [2.05, 4.69) is 82.8 Å². The average molecular weight is 327 g/mol. The molecule has 5 rings (SSSR count). The molecule has 1 heterocycles. The van der Waals surface area contributed by atoms with Crippen molar-refractivity contribution < 1.29 is 0 Å². The zero-order chi connectivity index (χ0) is 16.9. The lowest BCUT2D eigenvalue weighted by molar-refractivity contribution is 0.215. The van der Waals surface area contributed by atoms with Gasteiger partial charge < -0.3 is 0 Å². The molecule has 4 aromatic rings. The topological polar surface area (TPSA) is 31.9 Å². The largest absolute Gasteiger partial charge is 0.292 e. The van der Waals surface area contributed by atoms with Crippen LogP contribution in [0.4, 0.5) is 0 Å². The standard InChI is InChI=1S/C22H21N3/c1-25(15-16-9-10-21-18(13-16)14-23-24-21)22(11-12-22)20-8-4-6-17-5-2-3-7-19(17)20/h2-10,13-14H,11-12,15H2,1H3,(H,23,24). The Balaban J connectivity index is 1.50. The van der Waals surface area contributed by atoms with Crippen molar-refractivity contribution in [1.29, 1.82) is 0 Å². The van der Waals surface area contributed by atoms with Crippen molar-refractivity contribution in [2.75, 3.05) is 7.05 Å². The summed E-state index contributed by atoms with van der Waals surface area (Å²) in [6, 6.07) is 22.0. The van der Waals surface area contributed by atoms with Crippen molar-refractivity contribution in [3.63, 3.8) is 0 Å².